The van der Waals surface area contributed by atoms with Crippen molar-refractivity contribution in [3.63, 3.8) is 0 Å². The number of halogens is 1. The van der Waals surface area contributed by atoms with Crippen molar-refractivity contribution in [3.05, 3.63) is 0 Å². The first kappa shape index (κ1) is 9.17. The monoisotopic (exact) mass is 153 g/mol. The predicted octanol–water partition coefficient (Wildman–Crippen LogP) is -0.749. The SMILES string of the molecule is Cl.N[C@@H]1CC[C@@H](O)[C@H]1O. The Kier molecular flexibility index (Phi) is 3.43. The van der Waals surface area contributed by atoms with Crippen molar-refractivity contribution in [2.45, 2.75) is 31.1 Å². The van der Waals surface area contributed by atoms with E-state index in [-0.39, 0.29) is 18.4 Å². The zero-order valence-corrected chi connectivity index (χ0v) is 5.84. The van der Waals surface area contributed by atoms with Crippen LogP contribution < -0.4 is 5.73 Å². The van der Waals surface area contributed by atoms with E-state index in [4.69, 9.17) is 15.9 Å². The van der Waals surface area contributed by atoms with Gasteiger partial charge in [0.25, 0.3) is 0 Å². The number of aliphatic hydroxyl groups excluding tert-OH is 2. The standard InChI is InChI=1S/C5H11NO2.ClH/c6-3-1-2-4(7)5(3)8;/h3-5,7-8H,1-2,6H2;1H/t3-,4-,5+;/m1./s1. The van der Waals surface area contributed by atoms with Crippen LogP contribution >= 0.6 is 12.4 Å². The summed E-state index contributed by atoms with van der Waals surface area (Å²) in [4.78, 5) is 0. The fourth-order valence-corrected chi connectivity index (χ4v) is 0.990. The van der Waals surface area contributed by atoms with Crippen molar-refractivity contribution in [3.8, 4) is 0 Å². The summed E-state index contributed by atoms with van der Waals surface area (Å²) in [6, 6.07) is -0.204. The molecule has 3 atom stereocenters. The molecule has 1 aliphatic rings. The summed E-state index contributed by atoms with van der Waals surface area (Å²) in [6.07, 6.45) is 0.116. The van der Waals surface area contributed by atoms with E-state index in [0.29, 0.717) is 6.42 Å². The summed E-state index contributed by atoms with van der Waals surface area (Å²) < 4.78 is 0. The molecule has 0 bridgehead atoms. The number of nitrogens with two attached hydrogens (primary N) is 1. The quantitative estimate of drug-likeness (QED) is 0.429. The van der Waals surface area contributed by atoms with Crippen molar-refractivity contribution >= 4 is 12.4 Å². The average molecular weight is 154 g/mol. The Hall–Kier alpha value is 0.170. The highest BCUT2D eigenvalue weighted by Gasteiger charge is 2.29. The van der Waals surface area contributed by atoms with Crippen molar-refractivity contribution in [2.24, 2.45) is 5.73 Å². The van der Waals surface area contributed by atoms with E-state index in [1.54, 1.807) is 0 Å². The van der Waals surface area contributed by atoms with Crippen LogP contribution in [0.5, 0.6) is 0 Å². The molecule has 1 saturated carbocycles. The molecule has 9 heavy (non-hydrogen) atoms. The third kappa shape index (κ3) is 1.79. The smallest absolute Gasteiger partial charge is 0.0949 e. The lowest BCUT2D eigenvalue weighted by atomic mass is 10.2. The first-order valence-corrected chi connectivity index (χ1v) is 2.83. The Morgan fingerprint density at radius 1 is 1.22 bits per heavy atom. The van der Waals surface area contributed by atoms with Crippen LogP contribution in [0.1, 0.15) is 12.8 Å². The van der Waals surface area contributed by atoms with Crippen molar-refractivity contribution in [1.82, 2.24) is 0 Å². The minimum absolute atomic E-state index is 0. The van der Waals surface area contributed by atoms with E-state index in [0.717, 1.165) is 6.42 Å². The molecule has 0 aromatic heterocycles. The summed E-state index contributed by atoms with van der Waals surface area (Å²) in [5, 5.41) is 17.7. The van der Waals surface area contributed by atoms with E-state index in [1.807, 2.05) is 0 Å². The second-order valence-corrected chi connectivity index (χ2v) is 2.30. The van der Waals surface area contributed by atoms with Crippen LogP contribution in [0.15, 0.2) is 0 Å². The Morgan fingerprint density at radius 2 is 1.78 bits per heavy atom. The molecule has 0 spiro atoms. The summed E-state index contributed by atoms with van der Waals surface area (Å²) in [6.45, 7) is 0. The topological polar surface area (TPSA) is 66.5 Å². The van der Waals surface area contributed by atoms with Crippen molar-refractivity contribution in [1.29, 1.82) is 0 Å². The van der Waals surface area contributed by atoms with Gasteiger partial charge in [-0.15, -0.1) is 12.4 Å². The fraction of sp³-hybridized carbons (Fsp3) is 1.00. The normalized spacial score (nSPS) is 42.3. The van der Waals surface area contributed by atoms with Crippen LogP contribution in [0.4, 0.5) is 0 Å². The van der Waals surface area contributed by atoms with Crippen LogP contribution in [0, 0.1) is 0 Å². The highest BCUT2D eigenvalue weighted by molar-refractivity contribution is 5.85. The van der Waals surface area contributed by atoms with Gasteiger partial charge in [-0.3, -0.25) is 0 Å². The van der Waals surface area contributed by atoms with Crippen LogP contribution in [-0.4, -0.2) is 28.5 Å². The number of rotatable bonds is 0. The minimum Gasteiger partial charge on any atom is -0.390 e. The zero-order valence-electron chi connectivity index (χ0n) is 5.03. The lowest BCUT2D eigenvalue weighted by Gasteiger charge is -2.09. The highest BCUT2D eigenvalue weighted by Crippen LogP contribution is 2.17. The molecule has 4 N–H and O–H groups in total. The first-order valence-electron chi connectivity index (χ1n) is 2.83. The van der Waals surface area contributed by atoms with Crippen LogP contribution in [0.25, 0.3) is 0 Å². The number of aliphatic hydroxyl groups is 2. The lowest BCUT2D eigenvalue weighted by molar-refractivity contribution is 0.0364. The maximum Gasteiger partial charge on any atom is 0.0949 e. The Morgan fingerprint density at radius 3 is 1.89 bits per heavy atom. The molecular weight excluding hydrogens is 142 g/mol. The van der Waals surface area contributed by atoms with Crippen molar-refractivity contribution < 1.29 is 10.2 Å². The first-order chi connectivity index (χ1) is 3.72. The molecule has 0 amide bonds. The maximum absolute atomic E-state index is 8.89. The highest BCUT2D eigenvalue weighted by atomic mass is 35.5. The molecule has 3 nitrogen and oxygen atoms in total. The molecule has 0 aliphatic heterocycles. The van der Waals surface area contributed by atoms with Gasteiger partial charge in [0.05, 0.1) is 12.2 Å². The minimum atomic E-state index is -0.685. The summed E-state index contributed by atoms with van der Waals surface area (Å²) in [5.41, 5.74) is 5.36. The predicted molar refractivity (Wildman–Crippen MR) is 36.5 cm³/mol. The van der Waals surface area contributed by atoms with Gasteiger partial charge in [0, 0.05) is 6.04 Å². The average Bonchev–Trinajstić information content (AvgIpc) is 1.98. The largest absolute Gasteiger partial charge is 0.390 e. The number of hydrogen-bond donors (Lipinski definition) is 3. The van der Waals surface area contributed by atoms with Gasteiger partial charge < -0.3 is 15.9 Å². The van der Waals surface area contributed by atoms with E-state index in [2.05, 4.69) is 0 Å². The Balaban J connectivity index is 0.000000640. The Labute approximate surface area is 60.3 Å². The van der Waals surface area contributed by atoms with Crippen molar-refractivity contribution in [2.75, 3.05) is 0 Å². The summed E-state index contributed by atoms with van der Waals surface area (Å²) in [7, 11) is 0. The van der Waals surface area contributed by atoms with Gasteiger partial charge in [0.1, 0.15) is 0 Å². The van der Waals surface area contributed by atoms with E-state index < -0.39 is 12.2 Å². The molecular formula is C5H12ClNO2. The van der Waals surface area contributed by atoms with Gasteiger partial charge in [-0.25, -0.2) is 0 Å². The van der Waals surface area contributed by atoms with Gasteiger partial charge in [0.15, 0.2) is 0 Å². The molecule has 56 valence electrons. The maximum atomic E-state index is 8.89. The summed E-state index contributed by atoms with van der Waals surface area (Å²) in [5.74, 6) is 0. The molecule has 0 unspecified atom stereocenters. The lowest BCUT2D eigenvalue weighted by Crippen LogP contribution is -2.34. The van der Waals surface area contributed by atoms with E-state index >= 15 is 0 Å². The molecule has 1 rings (SSSR count). The molecule has 0 radical (unpaired) electrons. The van der Waals surface area contributed by atoms with E-state index in [9.17, 15) is 0 Å². The molecule has 0 aromatic rings. The third-order valence-electron chi connectivity index (χ3n) is 1.63. The second kappa shape index (κ2) is 3.37. The van der Waals surface area contributed by atoms with Crippen LogP contribution in [0.2, 0.25) is 0 Å². The second-order valence-electron chi connectivity index (χ2n) is 2.30. The molecule has 0 aromatic carbocycles. The molecule has 1 fully saturated rings. The molecule has 0 saturated heterocycles. The summed E-state index contributed by atoms with van der Waals surface area (Å²) >= 11 is 0. The molecule has 4 heteroatoms. The van der Waals surface area contributed by atoms with Gasteiger partial charge in [0.2, 0.25) is 0 Å². The van der Waals surface area contributed by atoms with Crippen LogP contribution in [-0.2, 0) is 0 Å². The third-order valence-corrected chi connectivity index (χ3v) is 1.63. The van der Waals surface area contributed by atoms with E-state index in [1.165, 1.54) is 0 Å². The van der Waals surface area contributed by atoms with Gasteiger partial charge in [-0.05, 0) is 12.8 Å². The van der Waals surface area contributed by atoms with Gasteiger partial charge in [-0.2, -0.15) is 0 Å². The Bertz CT molecular complexity index is 81.0. The fourth-order valence-electron chi connectivity index (χ4n) is 0.990. The molecule has 1 aliphatic carbocycles. The van der Waals surface area contributed by atoms with Crippen LogP contribution in [0.3, 0.4) is 0 Å². The van der Waals surface area contributed by atoms with Gasteiger partial charge >= 0.3 is 0 Å². The number of hydrogen-bond acceptors (Lipinski definition) is 3. The van der Waals surface area contributed by atoms with Gasteiger partial charge in [-0.1, -0.05) is 0 Å². The zero-order chi connectivity index (χ0) is 6.15. The molecule has 0 heterocycles.